The Bertz CT molecular complexity index is 908. The molecule has 0 aliphatic heterocycles. The Labute approximate surface area is 144 Å². The lowest BCUT2D eigenvalue weighted by molar-refractivity contribution is -0.140. The van der Waals surface area contributed by atoms with Gasteiger partial charge < -0.3 is 4.74 Å². The predicted octanol–water partition coefficient (Wildman–Crippen LogP) is 2.31. The highest BCUT2D eigenvalue weighted by Crippen LogP contribution is 2.16. The molecule has 7 heteroatoms. The smallest absolute Gasteiger partial charge is 0.305 e. The van der Waals surface area contributed by atoms with Crippen molar-refractivity contribution in [3.8, 4) is 23.1 Å². The average Bonchev–Trinajstić information content (AvgIpc) is 3.16. The third-order valence-electron chi connectivity index (χ3n) is 3.70. The maximum absolute atomic E-state index is 11.2. The number of nitriles is 1. The van der Waals surface area contributed by atoms with Gasteiger partial charge in [0, 0.05) is 12.0 Å². The number of aromatic nitrogens is 4. The lowest BCUT2D eigenvalue weighted by Crippen LogP contribution is -2.02. The molecule has 0 amide bonds. The molecule has 0 unspecified atom stereocenters. The number of nitrogens with zero attached hydrogens (tertiary/aromatic N) is 5. The Kier molecular flexibility index (Phi) is 4.81. The van der Waals surface area contributed by atoms with E-state index in [-0.39, 0.29) is 5.97 Å². The zero-order valence-electron chi connectivity index (χ0n) is 13.6. The van der Waals surface area contributed by atoms with E-state index in [0.717, 1.165) is 16.8 Å². The molecule has 1 heterocycles. The Hall–Kier alpha value is -3.53. The number of ether oxygens (including phenoxy) is 1. The maximum Gasteiger partial charge on any atom is 0.305 e. The highest BCUT2D eigenvalue weighted by Gasteiger charge is 2.08. The third-order valence-corrected chi connectivity index (χ3v) is 3.70. The number of aryl methyl sites for hydroxylation is 1. The van der Waals surface area contributed by atoms with E-state index in [1.807, 2.05) is 24.3 Å². The molecule has 0 bridgehead atoms. The summed E-state index contributed by atoms with van der Waals surface area (Å²) in [7, 11) is 1.38. The van der Waals surface area contributed by atoms with Gasteiger partial charge in [-0.1, -0.05) is 12.1 Å². The minimum atomic E-state index is -0.228. The first kappa shape index (κ1) is 16.3. The second-order valence-electron chi connectivity index (χ2n) is 5.33. The monoisotopic (exact) mass is 333 g/mol. The van der Waals surface area contributed by atoms with Crippen molar-refractivity contribution in [2.75, 3.05) is 7.11 Å². The molecule has 0 atom stereocenters. The van der Waals surface area contributed by atoms with Gasteiger partial charge in [0.15, 0.2) is 0 Å². The number of tetrazole rings is 1. The second-order valence-corrected chi connectivity index (χ2v) is 5.33. The topological polar surface area (TPSA) is 93.7 Å². The zero-order chi connectivity index (χ0) is 17.6. The first-order chi connectivity index (χ1) is 12.2. The molecule has 0 aliphatic carbocycles. The van der Waals surface area contributed by atoms with Crippen LogP contribution in [0.4, 0.5) is 0 Å². The molecule has 25 heavy (non-hydrogen) atoms. The van der Waals surface area contributed by atoms with Crippen LogP contribution in [0.25, 0.3) is 17.1 Å². The van der Waals surface area contributed by atoms with Gasteiger partial charge in [-0.2, -0.15) is 5.26 Å². The number of hydrogen-bond acceptors (Lipinski definition) is 6. The van der Waals surface area contributed by atoms with Crippen LogP contribution in [0.2, 0.25) is 0 Å². The van der Waals surface area contributed by atoms with Crippen LogP contribution in [-0.4, -0.2) is 33.3 Å². The summed E-state index contributed by atoms with van der Waals surface area (Å²) in [5, 5.41) is 21.3. The third kappa shape index (κ3) is 3.87. The van der Waals surface area contributed by atoms with Gasteiger partial charge in [0.2, 0.25) is 5.82 Å². The van der Waals surface area contributed by atoms with Crippen LogP contribution in [0.5, 0.6) is 0 Å². The number of methoxy groups -OCH3 is 1. The van der Waals surface area contributed by atoms with Crippen LogP contribution >= 0.6 is 0 Å². The van der Waals surface area contributed by atoms with Crippen LogP contribution in [0.1, 0.15) is 17.5 Å². The van der Waals surface area contributed by atoms with Gasteiger partial charge in [-0.05, 0) is 53.6 Å². The summed E-state index contributed by atoms with van der Waals surface area (Å²) in [5.41, 5.74) is 3.18. The summed E-state index contributed by atoms with van der Waals surface area (Å²) in [5.74, 6) is 0.258. The Morgan fingerprint density at radius 1 is 1.16 bits per heavy atom. The molecule has 0 saturated heterocycles. The van der Waals surface area contributed by atoms with Gasteiger partial charge >= 0.3 is 5.97 Å². The molecule has 0 radical (unpaired) electrons. The fraction of sp³-hybridized carbons (Fsp3) is 0.167. The summed E-state index contributed by atoms with van der Waals surface area (Å²) < 4.78 is 4.64. The summed E-state index contributed by atoms with van der Waals surface area (Å²) in [6, 6.07) is 16.7. The van der Waals surface area contributed by atoms with Crippen molar-refractivity contribution < 1.29 is 9.53 Å². The van der Waals surface area contributed by atoms with E-state index in [9.17, 15) is 4.79 Å². The van der Waals surface area contributed by atoms with Crippen LogP contribution in [0.3, 0.4) is 0 Å². The fourth-order valence-electron chi connectivity index (χ4n) is 2.28. The summed E-state index contributed by atoms with van der Waals surface area (Å²) in [4.78, 5) is 12.6. The first-order valence-corrected chi connectivity index (χ1v) is 7.66. The highest BCUT2D eigenvalue weighted by molar-refractivity contribution is 5.69. The molecule has 0 spiro atoms. The fourth-order valence-corrected chi connectivity index (χ4v) is 2.28. The predicted molar refractivity (Wildman–Crippen MR) is 89.6 cm³/mol. The van der Waals surface area contributed by atoms with Gasteiger partial charge in [-0.25, -0.2) is 0 Å². The van der Waals surface area contributed by atoms with E-state index in [4.69, 9.17) is 5.26 Å². The quantitative estimate of drug-likeness (QED) is 0.665. The second kappa shape index (κ2) is 7.36. The van der Waals surface area contributed by atoms with Crippen molar-refractivity contribution in [3.63, 3.8) is 0 Å². The number of hydrogen-bond donors (Lipinski definition) is 0. The van der Waals surface area contributed by atoms with Gasteiger partial charge in [0.05, 0.1) is 24.4 Å². The Morgan fingerprint density at radius 3 is 2.52 bits per heavy atom. The van der Waals surface area contributed by atoms with Crippen LogP contribution in [-0.2, 0) is 16.0 Å². The molecular formula is C18H15N5O2. The molecule has 7 nitrogen and oxygen atoms in total. The van der Waals surface area contributed by atoms with Crippen molar-refractivity contribution in [3.05, 3.63) is 59.7 Å². The van der Waals surface area contributed by atoms with E-state index in [1.54, 1.807) is 24.3 Å². The molecule has 1 aromatic heterocycles. The van der Waals surface area contributed by atoms with Crippen LogP contribution in [0, 0.1) is 11.3 Å². The number of carbonyl (C=O) groups is 1. The van der Waals surface area contributed by atoms with Gasteiger partial charge in [0.1, 0.15) is 0 Å². The normalized spacial score (nSPS) is 10.2. The number of esters is 1. The lowest BCUT2D eigenvalue weighted by Gasteiger charge is -2.02. The first-order valence-electron chi connectivity index (χ1n) is 7.66. The molecular weight excluding hydrogens is 318 g/mol. The van der Waals surface area contributed by atoms with Gasteiger partial charge in [0.25, 0.3) is 0 Å². The Balaban J connectivity index is 1.73. The van der Waals surface area contributed by atoms with E-state index in [1.165, 1.54) is 11.9 Å². The van der Waals surface area contributed by atoms with Gasteiger partial charge in [-0.3, -0.25) is 4.79 Å². The number of rotatable bonds is 5. The zero-order valence-corrected chi connectivity index (χ0v) is 13.6. The van der Waals surface area contributed by atoms with Crippen molar-refractivity contribution in [1.29, 1.82) is 5.26 Å². The molecule has 0 aliphatic rings. The average molecular weight is 333 g/mol. The van der Waals surface area contributed by atoms with Crippen molar-refractivity contribution in [2.45, 2.75) is 12.8 Å². The summed E-state index contributed by atoms with van der Waals surface area (Å²) in [6.45, 7) is 0. The molecule has 2 aromatic carbocycles. The maximum atomic E-state index is 11.2. The van der Waals surface area contributed by atoms with Crippen LogP contribution in [0.15, 0.2) is 48.5 Å². The summed E-state index contributed by atoms with van der Waals surface area (Å²) in [6.07, 6.45) is 0.967. The molecule has 0 N–H and O–H groups in total. The number of benzene rings is 2. The summed E-state index contributed by atoms with van der Waals surface area (Å²) >= 11 is 0. The van der Waals surface area contributed by atoms with E-state index in [0.29, 0.717) is 24.2 Å². The lowest BCUT2D eigenvalue weighted by atomic mass is 10.1. The van der Waals surface area contributed by atoms with Crippen molar-refractivity contribution in [1.82, 2.24) is 20.2 Å². The van der Waals surface area contributed by atoms with Crippen molar-refractivity contribution >= 4 is 5.97 Å². The molecule has 3 rings (SSSR count). The van der Waals surface area contributed by atoms with E-state index in [2.05, 4.69) is 26.2 Å². The standard InChI is InChI=1S/C18H15N5O2/c1-25-17(24)11-6-13-4-9-16(10-5-13)23-21-18(20-22-23)15-7-2-14(12-19)3-8-15/h2-5,7-10H,6,11H2,1H3. The Morgan fingerprint density at radius 2 is 1.88 bits per heavy atom. The van der Waals surface area contributed by atoms with Gasteiger partial charge in [-0.15, -0.1) is 15.0 Å². The molecule has 124 valence electrons. The van der Waals surface area contributed by atoms with Crippen molar-refractivity contribution in [2.24, 2.45) is 0 Å². The SMILES string of the molecule is COC(=O)CCc1ccc(-n2nnc(-c3ccc(C#N)cc3)n2)cc1. The molecule has 3 aromatic rings. The van der Waals surface area contributed by atoms with E-state index < -0.39 is 0 Å². The highest BCUT2D eigenvalue weighted by atomic mass is 16.5. The minimum Gasteiger partial charge on any atom is -0.469 e. The van der Waals surface area contributed by atoms with Crippen LogP contribution < -0.4 is 0 Å². The largest absolute Gasteiger partial charge is 0.469 e. The minimum absolute atomic E-state index is 0.228. The molecule has 0 fully saturated rings. The van der Waals surface area contributed by atoms with E-state index >= 15 is 0 Å². The number of carbonyl (C=O) groups excluding carboxylic acids is 1. The molecule has 0 saturated carbocycles.